The number of benzene rings is 1. The number of carbonyl (C=O) groups is 1. The van der Waals surface area contributed by atoms with Crippen molar-refractivity contribution in [2.24, 2.45) is 5.41 Å². The van der Waals surface area contributed by atoms with E-state index >= 15 is 0 Å². The number of carbonyl (C=O) groups excluding carboxylic acids is 1. The zero-order chi connectivity index (χ0) is 14.8. The van der Waals surface area contributed by atoms with Gasteiger partial charge in [0.15, 0.2) is 0 Å². The Labute approximate surface area is 125 Å². The van der Waals surface area contributed by atoms with E-state index in [0.29, 0.717) is 5.02 Å². The maximum Gasteiger partial charge on any atom is 0.332 e. The first-order valence-corrected chi connectivity index (χ1v) is 7.41. The largest absolute Gasteiger partial charge is 0.467 e. The number of rotatable bonds is 3. The molecule has 1 aromatic carbocycles. The monoisotopic (exact) mass is 295 g/mol. The highest BCUT2D eigenvalue weighted by atomic mass is 35.5. The van der Waals surface area contributed by atoms with E-state index < -0.39 is 5.54 Å². The molecule has 4 heteroatoms. The van der Waals surface area contributed by atoms with Crippen LogP contribution < -0.4 is 5.32 Å². The minimum atomic E-state index is -0.673. The SMILES string of the molecule is COC(=O)C1(Nc2ccc(Cl)cc2)CCCCC1(C)C. The minimum absolute atomic E-state index is 0.155. The van der Waals surface area contributed by atoms with Gasteiger partial charge in [-0.25, -0.2) is 4.79 Å². The van der Waals surface area contributed by atoms with Crippen LogP contribution in [0, 0.1) is 5.41 Å². The molecule has 1 atom stereocenters. The second kappa shape index (κ2) is 5.65. The molecular weight excluding hydrogens is 274 g/mol. The van der Waals surface area contributed by atoms with Gasteiger partial charge in [0, 0.05) is 10.7 Å². The lowest BCUT2D eigenvalue weighted by Crippen LogP contribution is -2.59. The van der Waals surface area contributed by atoms with Gasteiger partial charge in [-0.15, -0.1) is 0 Å². The smallest absolute Gasteiger partial charge is 0.332 e. The average Bonchev–Trinajstić information content (AvgIpc) is 2.42. The number of anilines is 1. The van der Waals surface area contributed by atoms with Gasteiger partial charge in [0.1, 0.15) is 5.54 Å². The molecule has 1 saturated carbocycles. The summed E-state index contributed by atoms with van der Waals surface area (Å²) in [5.41, 5.74) is 0.0704. The summed E-state index contributed by atoms with van der Waals surface area (Å²) in [6, 6.07) is 7.45. The maximum atomic E-state index is 12.5. The summed E-state index contributed by atoms with van der Waals surface area (Å²) < 4.78 is 5.10. The van der Waals surface area contributed by atoms with Crippen LogP contribution in [0.3, 0.4) is 0 Å². The molecule has 2 rings (SSSR count). The van der Waals surface area contributed by atoms with Crippen molar-refractivity contribution in [2.45, 2.75) is 45.1 Å². The first kappa shape index (κ1) is 15.2. The number of hydrogen-bond acceptors (Lipinski definition) is 3. The third-order valence-electron chi connectivity index (χ3n) is 4.49. The van der Waals surface area contributed by atoms with E-state index in [1.165, 1.54) is 7.11 Å². The highest BCUT2D eigenvalue weighted by Gasteiger charge is 2.53. The lowest BCUT2D eigenvalue weighted by molar-refractivity contribution is -0.152. The van der Waals surface area contributed by atoms with E-state index in [0.717, 1.165) is 31.4 Å². The average molecular weight is 296 g/mol. The molecule has 20 heavy (non-hydrogen) atoms. The van der Waals surface area contributed by atoms with E-state index in [9.17, 15) is 4.79 Å². The molecule has 0 saturated heterocycles. The fourth-order valence-electron chi connectivity index (χ4n) is 3.12. The van der Waals surface area contributed by atoms with Crippen LogP contribution in [0.25, 0.3) is 0 Å². The van der Waals surface area contributed by atoms with Crippen LogP contribution in [0.15, 0.2) is 24.3 Å². The number of esters is 1. The molecule has 3 nitrogen and oxygen atoms in total. The fourth-order valence-corrected chi connectivity index (χ4v) is 3.25. The predicted octanol–water partition coefficient (Wildman–Crippen LogP) is 4.26. The topological polar surface area (TPSA) is 38.3 Å². The number of hydrogen-bond donors (Lipinski definition) is 1. The maximum absolute atomic E-state index is 12.5. The van der Waals surface area contributed by atoms with Crippen molar-refractivity contribution in [3.05, 3.63) is 29.3 Å². The Morgan fingerprint density at radius 3 is 2.35 bits per heavy atom. The molecule has 1 unspecified atom stereocenters. The molecule has 0 heterocycles. The molecule has 1 aliphatic carbocycles. The van der Waals surface area contributed by atoms with E-state index in [1.807, 2.05) is 24.3 Å². The van der Waals surface area contributed by atoms with Gasteiger partial charge in [0.25, 0.3) is 0 Å². The summed E-state index contributed by atoms with van der Waals surface area (Å²) in [5, 5.41) is 4.12. The quantitative estimate of drug-likeness (QED) is 0.847. The van der Waals surface area contributed by atoms with E-state index in [1.54, 1.807) is 0 Å². The molecule has 0 aliphatic heterocycles. The third-order valence-corrected chi connectivity index (χ3v) is 4.75. The van der Waals surface area contributed by atoms with Crippen LogP contribution in [-0.4, -0.2) is 18.6 Å². The highest BCUT2D eigenvalue weighted by Crippen LogP contribution is 2.46. The molecule has 1 aromatic rings. The Morgan fingerprint density at radius 2 is 1.80 bits per heavy atom. The molecule has 0 radical (unpaired) electrons. The van der Waals surface area contributed by atoms with Gasteiger partial charge in [-0.3, -0.25) is 0 Å². The summed E-state index contributed by atoms with van der Waals surface area (Å²) in [5.74, 6) is -0.183. The van der Waals surface area contributed by atoms with Crippen molar-refractivity contribution in [2.75, 3.05) is 12.4 Å². The van der Waals surface area contributed by atoms with Crippen molar-refractivity contribution in [1.29, 1.82) is 0 Å². The van der Waals surface area contributed by atoms with Crippen LogP contribution in [0.4, 0.5) is 5.69 Å². The molecular formula is C16H22ClNO2. The van der Waals surface area contributed by atoms with Gasteiger partial charge in [0.2, 0.25) is 0 Å². The van der Waals surface area contributed by atoms with Crippen molar-refractivity contribution in [3.8, 4) is 0 Å². The van der Waals surface area contributed by atoms with Crippen molar-refractivity contribution < 1.29 is 9.53 Å². The predicted molar refractivity (Wildman–Crippen MR) is 82.1 cm³/mol. The second-order valence-corrected chi connectivity index (χ2v) is 6.56. The summed E-state index contributed by atoms with van der Waals surface area (Å²) in [4.78, 5) is 12.5. The normalized spacial score (nSPS) is 25.0. The van der Waals surface area contributed by atoms with Gasteiger partial charge in [-0.2, -0.15) is 0 Å². The fraction of sp³-hybridized carbons (Fsp3) is 0.562. The molecule has 0 spiro atoms. The minimum Gasteiger partial charge on any atom is -0.467 e. The summed E-state index contributed by atoms with van der Waals surface area (Å²) >= 11 is 5.92. The van der Waals surface area contributed by atoms with Gasteiger partial charge < -0.3 is 10.1 Å². The van der Waals surface area contributed by atoms with Crippen LogP contribution in [0.2, 0.25) is 5.02 Å². The Bertz CT molecular complexity index is 484. The van der Waals surface area contributed by atoms with Crippen molar-refractivity contribution >= 4 is 23.3 Å². The molecule has 0 amide bonds. The molecule has 0 bridgehead atoms. The zero-order valence-corrected chi connectivity index (χ0v) is 13.1. The summed E-state index contributed by atoms with van der Waals surface area (Å²) in [6.45, 7) is 4.26. The van der Waals surface area contributed by atoms with Crippen LogP contribution in [0.5, 0.6) is 0 Å². The Hall–Kier alpha value is -1.22. The van der Waals surface area contributed by atoms with E-state index in [4.69, 9.17) is 16.3 Å². The van der Waals surface area contributed by atoms with Gasteiger partial charge in [-0.05, 0) is 42.5 Å². The number of nitrogens with one attached hydrogen (secondary N) is 1. The summed E-state index contributed by atoms with van der Waals surface area (Å²) in [7, 11) is 1.46. The summed E-state index contributed by atoms with van der Waals surface area (Å²) in [6.07, 6.45) is 3.96. The standard InChI is InChI=1S/C16H22ClNO2/c1-15(2)10-4-5-11-16(15,14(19)20-3)18-13-8-6-12(17)7-9-13/h6-9,18H,4-5,10-11H2,1-3H3. The lowest BCUT2D eigenvalue weighted by atomic mass is 9.63. The first-order chi connectivity index (χ1) is 9.41. The lowest BCUT2D eigenvalue weighted by Gasteiger charge is -2.48. The van der Waals surface area contributed by atoms with Crippen LogP contribution >= 0.6 is 11.6 Å². The third kappa shape index (κ3) is 2.64. The van der Waals surface area contributed by atoms with Gasteiger partial charge in [-0.1, -0.05) is 38.3 Å². The number of methoxy groups -OCH3 is 1. The molecule has 110 valence electrons. The van der Waals surface area contributed by atoms with Crippen LogP contribution in [-0.2, 0) is 9.53 Å². The second-order valence-electron chi connectivity index (χ2n) is 6.12. The molecule has 0 aromatic heterocycles. The Morgan fingerprint density at radius 1 is 1.20 bits per heavy atom. The van der Waals surface area contributed by atoms with Gasteiger partial charge >= 0.3 is 5.97 Å². The van der Waals surface area contributed by atoms with Gasteiger partial charge in [0.05, 0.1) is 7.11 Å². The van der Waals surface area contributed by atoms with Crippen molar-refractivity contribution in [1.82, 2.24) is 0 Å². The number of halogens is 1. The molecule has 1 fully saturated rings. The molecule has 1 aliphatic rings. The Kier molecular flexibility index (Phi) is 4.28. The first-order valence-electron chi connectivity index (χ1n) is 7.03. The molecule has 1 N–H and O–H groups in total. The number of ether oxygens (including phenoxy) is 1. The highest BCUT2D eigenvalue weighted by molar-refractivity contribution is 6.30. The van der Waals surface area contributed by atoms with Crippen LogP contribution in [0.1, 0.15) is 39.5 Å². The zero-order valence-electron chi connectivity index (χ0n) is 12.3. The Balaban J connectivity index is 2.36. The van der Waals surface area contributed by atoms with Crippen molar-refractivity contribution in [3.63, 3.8) is 0 Å². The van der Waals surface area contributed by atoms with E-state index in [-0.39, 0.29) is 11.4 Å². The van der Waals surface area contributed by atoms with E-state index in [2.05, 4.69) is 19.2 Å².